The molecule has 2 aliphatic rings. The van der Waals surface area contributed by atoms with Gasteiger partial charge in [0.05, 0.1) is 28.2 Å². The molecular formula is C28H28Cl2F2N4O4S. The van der Waals surface area contributed by atoms with Crippen LogP contribution in [-0.2, 0) is 20.8 Å². The minimum atomic E-state index is -0.892. The number of piperazine rings is 1. The Labute approximate surface area is 249 Å². The molecule has 3 atom stereocenters. The Hall–Kier alpha value is -2.70. The Kier molecular flexibility index (Phi) is 8.63. The number of hydrogen-bond acceptors (Lipinski definition) is 7. The second-order valence-corrected chi connectivity index (χ2v) is 11.9. The van der Waals surface area contributed by atoms with Gasteiger partial charge in [0, 0.05) is 65.5 Å². The van der Waals surface area contributed by atoms with Crippen molar-refractivity contribution in [1.29, 1.82) is 0 Å². The molecule has 8 nitrogen and oxygen atoms in total. The van der Waals surface area contributed by atoms with E-state index in [4.69, 9.17) is 32.7 Å². The molecule has 1 aromatic heterocycles. The van der Waals surface area contributed by atoms with Crippen molar-refractivity contribution in [1.82, 2.24) is 14.5 Å². The summed E-state index contributed by atoms with van der Waals surface area (Å²) in [6, 6.07) is 3.19. The summed E-state index contributed by atoms with van der Waals surface area (Å²) in [5.74, 6) is -1.09. The maximum absolute atomic E-state index is 15.2. The van der Waals surface area contributed by atoms with Crippen LogP contribution < -0.4 is 10.6 Å². The standard InChI is InChI=1S/C28H28Cl2F2N4O4S/c1-5-23(37)36-14(2)9-34(10-15(36)3)27-18-7-20(30)24(17-6-19(29)22(32)8-21(17)31)26-25(18)35(28(38)33-27)11-16(12-41-26)40-13-39-4/h5-8,14-16H,1,9-13H2,2-4H3/t14-,15+,16?. The van der Waals surface area contributed by atoms with E-state index in [0.717, 1.165) is 0 Å². The first-order chi connectivity index (χ1) is 19.5. The molecule has 3 heterocycles. The molecule has 2 aromatic carbocycles. The van der Waals surface area contributed by atoms with Gasteiger partial charge in [0.15, 0.2) is 0 Å². The van der Waals surface area contributed by atoms with E-state index in [1.165, 1.54) is 35.6 Å². The smallest absolute Gasteiger partial charge is 0.350 e. The molecule has 1 unspecified atom stereocenters. The monoisotopic (exact) mass is 624 g/mol. The maximum atomic E-state index is 15.2. The highest BCUT2D eigenvalue weighted by Gasteiger charge is 2.35. The number of nitrogens with zero attached hydrogens (tertiary/aromatic N) is 4. The van der Waals surface area contributed by atoms with Crippen LogP contribution in [0.1, 0.15) is 13.8 Å². The van der Waals surface area contributed by atoms with E-state index in [1.54, 1.807) is 11.0 Å². The molecule has 0 aliphatic carbocycles. The Morgan fingerprint density at radius 3 is 2.51 bits per heavy atom. The Bertz CT molecular complexity index is 1590. The van der Waals surface area contributed by atoms with Gasteiger partial charge in [0.1, 0.15) is 24.2 Å². The highest BCUT2D eigenvalue weighted by Crippen LogP contribution is 2.47. The average molecular weight is 626 g/mol. The van der Waals surface area contributed by atoms with Crippen LogP contribution in [0, 0.1) is 11.6 Å². The van der Waals surface area contributed by atoms with Crippen molar-refractivity contribution >= 4 is 57.6 Å². The van der Waals surface area contributed by atoms with Crippen LogP contribution >= 0.6 is 35.0 Å². The maximum Gasteiger partial charge on any atom is 0.350 e. The van der Waals surface area contributed by atoms with E-state index in [0.29, 0.717) is 52.1 Å². The number of aromatic nitrogens is 2. The van der Waals surface area contributed by atoms with E-state index in [-0.39, 0.29) is 46.9 Å². The Balaban J connectivity index is 1.74. The number of benzene rings is 2. The van der Waals surface area contributed by atoms with Gasteiger partial charge in [-0.3, -0.25) is 9.36 Å². The summed E-state index contributed by atoms with van der Waals surface area (Å²) in [6.45, 7) is 8.48. The highest BCUT2D eigenvalue weighted by atomic mass is 35.5. The lowest BCUT2D eigenvalue weighted by Gasteiger charge is -2.44. The topological polar surface area (TPSA) is 76.9 Å². The number of carbonyl (C=O) groups excluding carboxylic acids is 1. The first-order valence-electron chi connectivity index (χ1n) is 12.9. The van der Waals surface area contributed by atoms with Crippen LogP contribution in [0.25, 0.3) is 22.0 Å². The Morgan fingerprint density at radius 1 is 1.15 bits per heavy atom. The van der Waals surface area contributed by atoms with Crippen LogP contribution in [0.5, 0.6) is 0 Å². The number of ether oxygens (including phenoxy) is 2. The fourth-order valence-electron chi connectivity index (χ4n) is 5.61. The van der Waals surface area contributed by atoms with E-state index in [2.05, 4.69) is 11.6 Å². The zero-order chi connectivity index (χ0) is 29.6. The normalized spacial score (nSPS) is 20.8. The van der Waals surface area contributed by atoms with Crippen molar-refractivity contribution in [2.45, 2.75) is 43.5 Å². The molecule has 1 saturated heterocycles. The number of halogens is 4. The number of amides is 1. The first-order valence-corrected chi connectivity index (χ1v) is 14.6. The zero-order valence-electron chi connectivity index (χ0n) is 22.6. The van der Waals surface area contributed by atoms with Crippen LogP contribution in [0.15, 0.2) is 40.5 Å². The third kappa shape index (κ3) is 5.46. The molecule has 1 fully saturated rings. The second kappa shape index (κ2) is 11.9. The predicted octanol–water partition coefficient (Wildman–Crippen LogP) is 5.35. The fourth-order valence-corrected chi connectivity index (χ4v) is 7.41. The summed E-state index contributed by atoms with van der Waals surface area (Å²) in [5, 5.41) is 0.518. The van der Waals surface area contributed by atoms with Gasteiger partial charge >= 0.3 is 5.69 Å². The van der Waals surface area contributed by atoms with Gasteiger partial charge < -0.3 is 19.3 Å². The third-order valence-corrected chi connectivity index (χ3v) is 9.11. The lowest BCUT2D eigenvalue weighted by Crippen LogP contribution is -2.58. The number of thioether (sulfide) groups is 1. The molecular weight excluding hydrogens is 597 g/mol. The SMILES string of the molecule is C=CC(=O)N1[C@H](C)CN(c2nc(=O)n3c4c(c(-c5cc(Cl)c(F)cc5F)c(Cl)cc24)SCC(OCOC)C3)C[C@@H]1C. The van der Waals surface area contributed by atoms with E-state index >= 15 is 4.39 Å². The number of carbonyl (C=O) groups is 1. The van der Waals surface area contributed by atoms with Gasteiger partial charge in [-0.2, -0.15) is 4.98 Å². The van der Waals surface area contributed by atoms with Crippen LogP contribution in [0.2, 0.25) is 10.0 Å². The van der Waals surface area contributed by atoms with Gasteiger partial charge in [0.2, 0.25) is 5.91 Å². The molecule has 0 bridgehead atoms. The lowest BCUT2D eigenvalue weighted by atomic mass is 10.0. The summed E-state index contributed by atoms with van der Waals surface area (Å²) in [4.78, 5) is 34.9. The molecule has 41 heavy (non-hydrogen) atoms. The fraction of sp³-hybridized carbons (Fsp3) is 0.393. The molecule has 5 rings (SSSR count). The van der Waals surface area contributed by atoms with E-state index in [9.17, 15) is 14.0 Å². The summed E-state index contributed by atoms with van der Waals surface area (Å²) >= 11 is 14.3. The van der Waals surface area contributed by atoms with E-state index in [1.807, 2.05) is 18.7 Å². The van der Waals surface area contributed by atoms with E-state index < -0.39 is 23.4 Å². The summed E-state index contributed by atoms with van der Waals surface area (Å²) in [7, 11) is 1.50. The van der Waals surface area contributed by atoms with Crippen LogP contribution in [-0.4, -0.2) is 71.3 Å². The average Bonchev–Trinajstić information content (AvgIpc) is 3.12. The largest absolute Gasteiger partial charge is 0.359 e. The Morgan fingerprint density at radius 2 is 1.85 bits per heavy atom. The summed E-state index contributed by atoms with van der Waals surface area (Å²) in [5.41, 5.74) is 0.304. The molecule has 3 aromatic rings. The molecule has 0 saturated carbocycles. The summed E-state index contributed by atoms with van der Waals surface area (Å²) < 4.78 is 41.7. The van der Waals surface area contributed by atoms with Gasteiger partial charge in [-0.05, 0) is 32.1 Å². The van der Waals surface area contributed by atoms with Crippen molar-refractivity contribution in [3.63, 3.8) is 0 Å². The minimum Gasteiger partial charge on any atom is -0.359 e. The van der Waals surface area contributed by atoms with Crippen molar-refractivity contribution in [2.75, 3.05) is 37.6 Å². The van der Waals surface area contributed by atoms with Crippen molar-refractivity contribution in [2.24, 2.45) is 0 Å². The molecule has 218 valence electrons. The second-order valence-electron chi connectivity index (χ2n) is 10.1. The highest BCUT2D eigenvalue weighted by molar-refractivity contribution is 7.99. The van der Waals surface area contributed by atoms with Crippen LogP contribution in [0.3, 0.4) is 0 Å². The minimum absolute atomic E-state index is 0.0122. The van der Waals surface area contributed by atoms with Gasteiger partial charge in [-0.15, -0.1) is 11.8 Å². The van der Waals surface area contributed by atoms with Gasteiger partial charge in [-0.25, -0.2) is 13.6 Å². The zero-order valence-corrected chi connectivity index (χ0v) is 25.0. The lowest BCUT2D eigenvalue weighted by molar-refractivity contribution is -0.130. The van der Waals surface area contributed by atoms with Crippen molar-refractivity contribution in [3.8, 4) is 11.1 Å². The van der Waals surface area contributed by atoms with Crippen molar-refractivity contribution in [3.05, 3.63) is 63.0 Å². The molecule has 0 radical (unpaired) electrons. The molecule has 13 heteroatoms. The quantitative estimate of drug-likeness (QED) is 0.208. The molecule has 0 N–H and O–H groups in total. The molecule has 2 aliphatic heterocycles. The molecule has 0 spiro atoms. The van der Waals surface area contributed by atoms with Crippen molar-refractivity contribution < 1.29 is 23.0 Å². The summed E-state index contributed by atoms with van der Waals surface area (Å²) in [6.07, 6.45) is 0.864. The first kappa shape index (κ1) is 29.8. The van der Waals surface area contributed by atoms with Crippen LogP contribution in [0.4, 0.5) is 14.6 Å². The number of rotatable bonds is 6. The van der Waals surface area contributed by atoms with Gasteiger partial charge in [-0.1, -0.05) is 29.8 Å². The molecule has 1 amide bonds. The predicted molar refractivity (Wildman–Crippen MR) is 157 cm³/mol. The number of hydrogen-bond donors (Lipinski definition) is 0. The third-order valence-electron chi connectivity index (χ3n) is 7.30. The number of anilines is 1. The van der Waals surface area contributed by atoms with Gasteiger partial charge in [0.25, 0.3) is 0 Å². The number of methoxy groups -OCH3 is 1.